The molecule has 30 heavy (non-hydrogen) atoms. The number of rotatable bonds is 5. The van der Waals surface area contributed by atoms with Gasteiger partial charge in [-0.1, -0.05) is 6.07 Å². The minimum absolute atomic E-state index is 0.140. The van der Waals surface area contributed by atoms with Crippen LogP contribution in [0.4, 0.5) is 14.5 Å². The largest absolute Gasteiger partial charge is 0.391 e. The molecule has 2 aromatic rings. The third-order valence-corrected chi connectivity index (χ3v) is 5.43. The summed E-state index contributed by atoms with van der Waals surface area (Å²) in [7, 11) is 0. The van der Waals surface area contributed by atoms with Crippen LogP contribution >= 0.6 is 0 Å². The van der Waals surface area contributed by atoms with E-state index in [9.17, 15) is 18.7 Å². The maximum Gasteiger partial charge on any atom is 0.246 e. The molecule has 0 aromatic heterocycles. The Hall–Kier alpha value is -3.06. The number of allylic oxidation sites excluding steroid dienone is 1. The van der Waals surface area contributed by atoms with Crippen molar-refractivity contribution in [2.45, 2.75) is 32.0 Å². The third kappa shape index (κ3) is 4.41. The van der Waals surface area contributed by atoms with E-state index >= 15 is 0 Å². The van der Waals surface area contributed by atoms with Gasteiger partial charge in [0.15, 0.2) is 0 Å². The Labute approximate surface area is 173 Å². The maximum atomic E-state index is 13.5. The van der Waals surface area contributed by atoms with E-state index in [-0.39, 0.29) is 11.9 Å². The van der Waals surface area contributed by atoms with Crippen molar-refractivity contribution in [1.29, 1.82) is 0 Å². The summed E-state index contributed by atoms with van der Waals surface area (Å²) in [6.07, 6.45) is 3.35. The van der Waals surface area contributed by atoms with Gasteiger partial charge in [0.1, 0.15) is 11.6 Å². The number of nitrogens with one attached hydrogen (secondary N) is 1. The van der Waals surface area contributed by atoms with Crippen LogP contribution in [0.3, 0.4) is 0 Å². The lowest BCUT2D eigenvalue weighted by Crippen LogP contribution is -2.27. The predicted molar refractivity (Wildman–Crippen MR) is 111 cm³/mol. The summed E-state index contributed by atoms with van der Waals surface area (Å²) >= 11 is 0. The molecule has 1 fully saturated rings. The molecule has 2 aliphatic rings. The first-order valence-corrected chi connectivity index (χ1v) is 9.94. The molecule has 4 rings (SSSR count). The number of benzene rings is 2. The lowest BCUT2D eigenvalue weighted by atomic mass is 10.0. The van der Waals surface area contributed by atoms with Crippen LogP contribution in [0.5, 0.6) is 0 Å². The number of hydrogen-bond donors (Lipinski definition) is 2. The molecule has 1 saturated heterocycles. The van der Waals surface area contributed by atoms with Gasteiger partial charge >= 0.3 is 0 Å². The quantitative estimate of drug-likeness (QED) is 0.739. The number of likely N-dealkylation sites (tertiary alicyclic amines) is 1. The number of fused-ring (bicyclic) bond motifs is 1. The summed E-state index contributed by atoms with van der Waals surface area (Å²) in [6.45, 7) is 3.29. The summed E-state index contributed by atoms with van der Waals surface area (Å²) in [5, 5.41) is 12.8. The van der Waals surface area contributed by atoms with Crippen LogP contribution in [0.25, 0.3) is 0 Å². The van der Waals surface area contributed by atoms with Gasteiger partial charge in [-0.2, -0.15) is 0 Å². The zero-order valence-electron chi connectivity index (χ0n) is 16.6. The summed E-state index contributed by atoms with van der Waals surface area (Å²) in [5.41, 5.74) is 3.99. The minimum atomic E-state index is -0.609. The second-order valence-corrected chi connectivity index (χ2v) is 7.70. The van der Waals surface area contributed by atoms with Gasteiger partial charge in [0, 0.05) is 42.5 Å². The highest BCUT2D eigenvalue weighted by Crippen LogP contribution is 2.27. The van der Waals surface area contributed by atoms with Gasteiger partial charge in [-0.25, -0.2) is 8.78 Å². The molecule has 0 bridgehead atoms. The number of β-amino-alcohol motifs (C(OH)–C–C–N with tert-alkyl or cyclic N) is 1. The Morgan fingerprint density at radius 3 is 2.73 bits per heavy atom. The Kier molecular flexibility index (Phi) is 5.63. The molecule has 0 saturated carbocycles. The molecule has 2 aromatic carbocycles. The molecule has 0 unspecified atom stereocenters. The minimum Gasteiger partial charge on any atom is -0.391 e. The van der Waals surface area contributed by atoms with Crippen molar-refractivity contribution < 1.29 is 18.7 Å². The number of halogens is 2. The number of aliphatic imine (C=N–C) groups is 1. The number of carbonyl (C=O) groups is 1. The van der Waals surface area contributed by atoms with E-state index < -0.39 is 17.7 Å². The van der Waals surface area contributed by atoms with Crippen LogP contribution in [0.2, 0.25) is 0 Å². The average Bonchev–Trinajstić information content (AvgIpc) is 3.31. The van der Waals surface area contributed by atoms with Crippen molar-refractivity contribution in [1.82, 2.24) is 4.90 Å². The third-order valence-electron chi connectivity index (χ3n) is 5.43. The van der Waals surface area contributed by atoms with Gasteiger partial charge < -0.3 is 15.3 Å². The van der Waals surface area contributed by atoms with Crippen molar-refractivity contribution >= 4 is 17.3 Å². The molecule has 2 heterocycles. The fraction of sp³-hybridized carbons (Fsp3) is 0.304. The fourth-order valence-electron chi connectivity index (χ4n) is 3.80. The van der Waals surface area contributed by atoms with Crippen molar-refractivity contribution in [3.8, 4) is 0 Å². The van der Waals surface area contributed by atoms with Gasteiger partial charge in [-0.3, -0.25) is 9.79 Å². The number of aliphatic hydroxyl groups excluding tert-OH is 1. The molecule has 7 heteroatoms. The van der Waals surface area contributed by atoms with Crippen LogP contribution < -0.4 is 5.32 Å². The molecule has 1 amide bonds. The molecule has 0 aliphatic carbocycles. The van der Waals surface area contributed by atoms with E-state index in [0.717, 1.165) is 22.9 Å². The van der Waals surface area contributed by atoms with Crippen molar-refractivity contribution in [3.05, 3.63) is 76.9 Å². The zero-order chi connectivity index (χ0) is 21.3. The van der Waals surface area contributed by atoms with Crippen molar-refractivity contribution in [2.24, 2.45) is 4.99 Å². The number of anilines is 1. The van der Waals surface area contributed by atoms with E-state index in [1.165, 1.54) is 18.2 Å². The summed E-state index contributed by atoms with van der Waals surface area (Å²) < 4.78 is 27.0. The Bertz CT molecular complexity index is 1010. The van der Waals surface area contributed by atoms with E-state index in [0.29, 0.717) is 37.3 Å². The summed E-state index contributed by atoms with van der Waals surface area (Å²) in [4.78, 5) is 18.4. The number of nitrogens with zero attached hydrogens (tertiary/aromatic N) is 2. The summed E-state index contributed by atoms with van der Waals surface area (Å²) in [5.74, 6) is -1.36. The van der Waals surface area contributed by atoms with Crippen LogP contribution in [0.1, 0.15) is 36.1 Å². The number of carbonyl (C=O) groups excluding carboxylic acids is 1. The highest BCUT2D eigenvalue weighted by atomic mass is 19.1. The molecule has 0 spiro atoms. The van der Waals surface area contributed by atoms with Crippen LogP contribution in [-0.2, 0) is 11.3 Å². The lowest BCUT2D eigenvalue weighted by molar-refractivity contribution is -0.125. The smallest absolute Gasteiger partial charge is 0.246 e. The van der Waals surface area contributed by atoms with Gasteiger partial charge in [0.25, 0.3) is 0 Å². The molecular weight excluding hydrogens is 388 g/mol. The SMILES string of the molecule is C[C@@H](Nc1ccc2c(c1)C(/C=C/C(=O)N1CC[C@H](O)C1)=NC2)c1cc(F)cc(F)c1. The number of hydrogen-bond acceptors (Lipinski definition) is 4. The Morgan fingerprint density at radius 1 is 1.27 bits per heavy atom. The van der Waals surface area contributed by atoms with E-state index in [4.69, 9.17) is 0 Å². The molecular formula is C23H23F2N3O2. The van der Waals surface area contributed by atoms with Gasteiger partial charge in [0.2, 0.25) is 5.91 Å². The van der Waals surface area contributed by atoms with Gasteiger partial charge in [-0.15, -0.1) is 0 Å². The predicted octanol–water partition coefficient (Wildman–Crippen LogP) is 3.59. The van der Waals surface area contributed by atoms with Gasteiger partial charge in [-0.05, 0) is 54.8 Å². The first-order valence-electron chi connectivity index (χ1n) is 9.94. The maximum absolute atomic E-state index is 13.5. The van der Waals surface area contributed by atoms with Crippen LogP contribution in [0.15, 0.2) is 53.5 Å². The average molecular weight is 411 g/mol. The molecule has 156 valence electrons. The monoisotopic (exact) mass is 411 g/mol. The molecule has 2 atom stereocenters. The van der Waals surface area contributed by atoms with Crippen LogP contribution in [0, 0.1) is 11.6 Å². The fourth-order valence-corrected chi connectivity index (χ4v) is 3.80. The van der Waals surface area contributed by atoms with Crippen molar-refractivity contribution in [3.63, 3.8) is 0 Å². The van der Waals surface area contributed by atoms with E-state index in [1.807, 2.05) is 25.1 Å². The molecule has 2 aliphatic heterocycles. The van der Waals surface area contributed by atoms with Gasteiger partial charge in [0.05, 0.1) is 18.4 Å². The van der Waals surface area contributed by atoms with Crippen molar-refractivity contribution in [2.75, 3.05) is 18.4 Å². The molecule has 0 radical (unpaired) electrons. The van der Waals surface area contributed by atoms with E-state index in [1.54, 1.807) is 11.0 Å². The normalized spacial score (nSPS) is 19.1. The highest BCUT2D eigenvalue weighted by Gasteiger charge is 2.23. The first-order chi connectivity index (χ1) is 14.4. The van der Waals surface area contributed by atoms with Crippen LogP contribution in [-0.4, -0.2) is 40.8 Å². The van der Waals surface area contributed by atoms with E-state index in [2.05, 4.69) is 10.3 Å². The molecule has 2 N–H and O–H groups in total. The second kappa shape index (κ2) is 8.36. The summed E-state index contributed by atoms with van der Waals surface area (Å²) in [6, 6.07) is 8.97. The topological polar surface area (TPSA) is 64.9 Å². The highest BCUT2D eigenvalue weighted by molar-refractivity contribution is 6.13. The Balaban J connectivity index is 1.47. The number of aliphatic hydroxyl groups is 1. The lowest BCUT2D eigenvalue weighted by Gasteiger charge is -2.17. The molecule has 5 nitrogen and oxygen atoms in total. The zero-order valence-corrected chi connectivity index (χ0v) is 16.6. The second-order valence-electron chi connectivity index (χ2n) is 7.70. The first kappa shape index (κ1) is 20.2. The standard InChI is InChI=1S/C23H23F2N3O2/c1-14(16-8-17(24)10-18(25)9-16)27-19-3-2-15-12-26-22(21(15)11-19)4-5-23(30)28-7-6-20(29)13-28/h2-5,8-11,14,20,27,29H,6-7,12-13H2,1H3/b5-4+/t14-,20+/m1/s1. The number of amides is 1. The Morgan fingerprint density at radius 2 is 2.03 bits per heavy atom.